The van der Waals surface area contributed by atoms with E-state index in [1.54, 1.807) is 45.3 Å². The predicted molar refractivity (Wildman–Crippen MR) is 201 cm³/mol. The number of aliphatic hydroxyl groups excluding tert-OH is 2. The number of fused-ring (bicyclic) bond motifs is 1. The van der Waals surface area contributed by atoms with Gasteiger partial charge in [-0.05, 0) is 62.3 Å². The minimum absolute atomic E-state index is 0.00199. The number of furan rings is 1. The van der Waals surface area contributed by atoms with Crippen LogP contribution in [-0.4, -0.2) is 82.3 Å². The van der Waals surface area contributed by atoms with E-state index in [1.165, 1.54) is 0 Å². The molecular formula is C40H53N5O8. The summed E-state index contributed by atoms with van der Waals surface area (Å²) in [5.41, 5.74) is 0.906. The van der Waals surface area contributed by atoms with Gasteiger partial charge >= 0.3 is 12.2 Å². The van der Waals surface area contributed by atoms with Crippen molar-refractivity contribution >= 4 is 29.1 Å². The molecule has 5 atom stereocenters. The average Bonchev–Trinajstić information content (AvgIpc) is 3.52. The van der Waals surface area contributed by atoms with Gasteiger partial charge in [-0.25, -0.2) is 9.59 Å². The molecule has 2 aromatic carbocycles. The van der Waals surface area contributed by atoms with E-state index in [0.717, 1.165) is 16.5 Å². The summed E-state index contributed by atoms with van der Waals surface area (Å²) in [6.07, 6.45) is 0.235. The topological polar surface area (TPSA) is 184 Å². The van der Waals surface area contributed by atoms with Crippen molar-refractivity contribution in [2.75, 3.05) is 13.1 Å². The number of amides is 3. The molecule has 0 saturated carbocycles. The van der Waals surface area contributed by atoms with Gasteiger partial charge in [0.15, 0.2) is 12.2 Å². The molecule has 4 rings (SSSR count). The number of benzene rings is 2. The molecule has 0 aliphatic rings. The van der Waals surface area contributed by atoms with E-state index < -0.39 is 59.4 Å². The van der Waals surface area contributed by atoms with Gasteiger partial charge in [0, 0.05) is 24.7 Å². The van der Waals surface area contributed by atoms with Crippen LogP contribution >= 0.6 is 0 Å². The van der Waals surface area contributed by atoms with Crippen molar-refractivity contribution in [2.45, 2.75) is 96.9 Å². The third-order valence-electron chi connectivity index (χ3n) is 8.37. The maximum atomic E-state index is 13.8. The fraction of sp³-hybridized carbons (Fsp3) is 0.450. The van der Waals surface area contributed by atoms with Crippen LogP contribution in [0.5, 0.6) is 0 Å². The number of ether oxygens (including phenoxy) is 2. The quantitative estimate of drug-likeness (QED) is 0.0949. The number of nitrogens with zero attached hydrogens (tertiary/aromatic N) is 1. The molecule has 0 bridgehead atoms. The van der Waals surface area contributed by atoms with E-state index >= 15 is 0 Å². The molecule has 0 aliphatic heterocycles. The molecule has 6 N–H and O–H groups in total. The Morgan fingerprint density at radius 2 is 1.34 bits per heavy atom. The van der Waals surface area contributed by atoms with Crippen LogP contribution in [0.25, 0.3) is 11.0 Å². The van der Waals surface area contributed by atoms with Gasteiger partial charge in [0.25, 0.3) is 0 Å². The Kier molecular flexibility index (Phi) is 14.4. The van der Waals surface area contributed by atoms with Crippen LogP contribution in [0.3, 0.4) is 0 Å². The van der Waals surface area contributed by atoms with Crippen molar-refractivity contribution in [1.29, 1.82) is 0 Å². The smallest absolute Gasteiger partial charge is 0.408 e. The minimum Gasteiger partial charge on any atom is -0.456 e. The van der Waals surface area contributed by atoms with Crippen LogP contribution in [0, 0.1) is 5.41 Å². The maximum absolute atomic E-state index is 13.8. The predicted octanol–water partition coefficient (Wildman–Crippen LogP) is 4.64. The number of hydrogen-bond acceptors (Lipinski definition) is 10. The number of alkyl carbamates (subject to hydrolysis) is 2. The van der Waals surface area contributed by atoms with E-state index in [4.69, 9.17) is 13.9 Å². The SMILES string of the molecule is CC(C)(C)OC(=O)N[C@H](Cc1ccccc1)[C@@H](O)CNC[C@H](O)C(Cc1ccccc1)NC(=O)[C@H](NC(=O)OCc1cc2ccncc2o1)C(C)(C)C. The molecule has 0 saturated heterocycles. The number of hydrogen-bond donors (Lipinski definition) is 6. The van der Waals surface area contributed by atoms with E-state index in [2.05, 4.69) is 26.3 Å². The van der Waals surface area contributed by atoms with E-state index in [-0.39, 0.29) is 26.1 Å². The van der Waals surface area contributed by atoms with E-state index in [9.17, 15) is 24.6 Å². The summed E-state index contributed by atoms with van der Waals surface area (Å²) in [7, 11) is 0. The third kappa shape index (κ3) is 13.5. The molecule has 53 heavy (non-hydrogen) atoms. The lowest BCUT2D eigenvalue weighted by Crippen LogP contribution is -2.58. The van der Waals surface area contributed by atoms with Gasteiger partial charge in [-0.2, -0.15) is 0 Å². The first kappa shape index (κ1) is 40.8. The Hall–Kier alpha value is -4.98. The van der Waals surface area contributed by atoms with E-state index in [0.29, 0.717) is 17.8 Å². The molecule has 3 amide bonds. The molecule has 286 valence electrons. The number of rotatable bonds is 16. The summed E-state index contributed by atoms with van der Waals surface area (Å²) in [6.45, 7) is 10.6. The molecular weight excluding hydrogens is 678 g/mol. The maximum Gasteiger partial charge on any atom is 0.408 e. The van der Waals surface area contributed by atoms with Crippen LogP contribution in [0.1, 0.15) is 58.4 Å². The van der Waals surface area contributed by atoms with E-state index in [1.807, 2.05) is 81.4 Å². The number of carbonyl (C=O) groups excluding carboxylic acids is 3. The lowest BCUT2D eigenvalue weighted by Gasteiger charge is -2.33. The number of pyridine rings is 1. The summed E-state index contributed by atoms with van der Waals surface area (Å²) in [4.78, 5) is 43.4. The zero-order chi connectivity index (χ0) is 38.6. The Morgan fingerprint density at radius 1 is 0.774 bits per heavy atom. The Bertz CT molecular complexity index is 1720. The second-order valence-corrected chi connectivity index (χ2v) is 15.2. The molecule has 0 radical (unpaired) electrons. The zero-order valence-electron chi connectivity index (χ0n) is 31.3. The zero-order valence-corrected chi connectivity index (χ0v) is 31.3. The van der Waals surface area contributed by atoms with Crippen molar-refractivity contribution in [2.24, 2.45) is 5.41 Å². The van der Waals surface area contributed by atoms with Crippen molar-refractivity contribution in [3.05, 3.63) is 102 Å². The molecule has 0 fully saturated rings. The van der Waals surface area contributed by atoms with Crippen molar-refractivity contribution in [3.8, 4) is 0 Å². The summed E-state index contributed by atoms with van der Waals surface area (Å²) in [5, 5.41) is 35.0. The number of aliphatic hydroxyl groups is 2. The molecule has 0 aliphatic carbocycles. The highest BCUT2D eigenvalue weighted by Gasteiger charge is 2.36. The van der Waals surface area contributed by atoms with Gasteiger partial charge in [-0.15, -0.1) is 0 Å². The fourth-order valence-electron chi connectivity index (χ4n) is 5.67. The Morgan fingerprint density at radius 3 is 1.87 bits per heavy atom. The molecule has 2 aromatic heterocycles. The highest BCUT2D eigenvalue weighted by molar-refractivity contribution is 5.86. The van der Waals surface area contributed by atoms with Gasteiger partial charge in [-0.3, -0.25) is 9.78 Å². The normalized spacial score (nSPS) is 14.7. The fourth-order valence-corrected chi connectivity index (χ4v) is 5.67. The highest BCUT2D eigenvalue weighted by Crippen LogP contribution is 2.22. The molecule has 13 nitrogen and oxygen atoms in total. The highest BCUT2D eigenvalue weighted by atomic mass is 16.6. The van der Waals surface area contributed by atoms with Gasteiger partial charge in [-0.1, -0.05) is 81.4 Å². The molecule has 2 heterocycles. The molecule has 4 aromatic rings. The second kappa shape index (κ2) is 18.7. The first-order valence-electron chi connectivity index (χ1n) is 17.8. The first-order chi connectivity index (χ1) is 25.1. The monoisotopic (exact) mass is 731 g/mol. The Balaban J connectivity index is 1.40. The van der Waals surface area contributed by atoms with Crippen molar-refractivity contribution in [3.63, 3.8) is 0 Å². The summed E-state index contributed by atoms with van der Waals surface area (Å²) < 4.78 is 16.5. The second-order valence-electron chi connectivity index (χ2n) is 15.2. The number of nitrogens with one attached hydrogen (secondary N) is 4. The van der Waals surface area contributed by atoms with Gasteiger partial charge in [0.1, 0.15) is 17.4 Å². The first-order valence-corrected chi connectivity index (χ1v) is 17.8. The summed E-state index contributed by atoms with van der Waals surface area (Å²) >= 11 is 0. The number of carbonyl (C=O) groups is 3. The van der Waals surface area contributed by atoms with Crippen molar-refractivity contribution in [1.82, 2.24) is 26.3 Å². The lowest BCUT2D eigenvalue weighted by molar-refractivity contribution is -0.127. The largest absolute Gasteiger partial charge is 0.456 e. The standard InChI is InChI=1S/C40H53N5O8/c1-39(2,3)35(45-37(49)51-25-29-21-28-17-18-41-24-34(28)52-29)36(48)43-30(19-26-13-9-7-10-14-26)32(46)22-42-23-33(47)31(20-27-15-11-8-12-16-27)44-38(50)53-40(4,5)6/h7-18,21,24,30-33,35,42,46-47H,19-20,22-23,25H2,1-6H3,(H,43,48)(H,44,50)(H,45,49)/t30?,31-,32+,33+,35+/m1/s1. The van der Waals surface area contributed by atoms with Crippen LogP contribution in [0.4, 0.5) is 9.59 Å². The lowest BCUT2D eigenvalue weighted by atomic mass is 9.85. The van der Waals surface area contributed by atoms with Gasteiger partial charge in [0.2, 0.25) is 5.91 Å². The minimum atomic E-state index is -1.10. The van der Waals surface area contributed by atoms with Crippen LogP contribution in [0.15, 0.2) is 89.6 Å². The molecule has 1 unspecified atom stereocenters. The van der Waals surface area contributed by atoms with Crippen LogP contribution in [-0.2, 0) is 33.7 Å². The molecule has 0 spiro atoms. The van der Waals surface area contributed by atoms with Crippen LogP contribution < -0.4 is 21.3 Å². The van der Waals surface area contributed by atoms with Gasteiger partial charge in [0.05, 0.1) is 30.5 Å². The summed E-state index contributed by atoms with van der Waals surface area (Å²) in [5.74, 6) is -0.0793. The van der Waals surface area contributed by atoms with Crippen LogP contribution in [0.2, 0.25) is 0 Å². The van der Waals surface area contributed by atoms with Crippen molar-refractivity contribution < 1.29 is 38.5 Å². The summed E-state index contributed by atoms with van der Waals surface area (Å²) in [6, 6.07) is 19.9. The Labute approximate surface area is 310 Å². The number of aromatic nitrogens is 1. The van der Waals surface area contributed by atoms with Gasteiger partial charge < -0.3 is 45.4 Å². The molecule has 13 heteroatoms. The average molecular weight is 732 g/mol. The third-order valence-corrected chi connectivity index (χ3v) is 8.37.